The highest BCUT2D eigenvalue weighted by molar-refractivity contribution is 7.99. The van der Waals surface area contributed by atoms with E-state index in [9.17, 15) is 4.79 Å². The molecule has 1 aromatic heterocycles. The van der Waals surface area contributed by atoms with Gasteiger partial charge in [0.15, 0.2) is 11.5 Å². The van der Waals surface area contributed by atoms with E-state index < -0.39 is 6.04 Å². The standard InChI is InChI=1S/C29H37N5O3S/c1-6-8-9-16-37-23-15-12-21(18-24(23)36-5)26-25(27(35)31-22-13-10-19(3)11-14-22)20(4)30-28-32-29(33-34(26)28)38-17-7-2/h10-15,18,26H,6-9,16-17H2,1-5H3,(H,31,35)(H,30,32,33). The lowest BCUT2D eigenvalue weighted by molar-refractivity contribution is -0.113. The number of methoxy groups -OCH3 is 1. The van der Waals surface area contributed by atoms with Crippen LogP contribution in [0.5, 0.6) is 11.5 Å². The fourth-order valence-electron chi connectivity index (χ4n) is 4.33. The van der Waals surface area contributed by atoms with Crippen molar-refractivity contribution < 1.29 is 14.3 Å². The molecule has 0 spiro atoms. The summed E-state index contributed by atoms with van der Waals surface area (Å²) >= 11 is 1.60. The van der Waals surface area contributed by atoms with Gasteiger partial charge in [0, 0.05) is 17.1 Å². The number of benzene rings is 2. The molecule has 2 N–H and O–H groups in total. The summed E-state index contributed by atoms with van der Waals surface area (Å²) in [5.41, 5.74) is 4.01. The minimum absolute atomic E-state index is 0.202. The van der Waals surface area contributed by atoms with Gasteiger partial charge in [-0.3, -0.25) is 4.79 Å². The van der Waals surface area contributed by atoms with E-state index in [0.717, 1.165) is 53.9 Å². The highest BCUT2D eigenvalue weighted by Gasteiger charge is 2.35. The van der Waals surface area contributed by atoms with Crippen LogP contribution in [-0.2, 0) is 4.79 Å². The van der Waals surface area contributed by atoms with Gasteiger partial charge in [-0.1, -0.05) is 62.2 Å². The van der Waals surface area contributed by atoms with Crippen LogP contribution in [0.2, 0.25) is 0 Å². The second-order valence-corrected chi connectivity index (χ2v) is 10.4. The van der Waals surface area contributed by atoms with Crippen molar-refractivity contribution in [1.82, 2.24) is 14.8 Å². The maximum Gasteiger partial charge on any atom is 0.255 e. The number of anilines is 2. The van der Waals surface area contributed by atoms with Gasteiger partial charge in [0.25, 0.3) is 5.91 Å². The minimum atomic E-state index is -0.497. The molecule has 2 heterocycles. The molecule has 1 unspecified atom stereocenters. The van der Waals surface area contributed by atoms with Gasteiger partial charge >= 0.3 is 0 Å². The number of hydrogen-bond donors (Lipinski definition) is 2. The molecule has 0 aliphatic carbocycles. The molecule has 1 aliphatic rings. The zero-order valence-corrected chi connectivity index (χ0v) is 23.7. The molecule has 1 atom stereocenters. The predicted molar refractivity (Wildman–Crippen MR) is 153 cm³/mol. The second kappa shape index (κ2) is 12.9. The summed E-state index contributed by atoms with van der Waals surface area (Å²) in [5, 5.41) is 11.8. The number of thioether (sulfide) groups is 1. The fraction of sp³-hybridized carbons (Fsp3) is 0.414. The number of carbonyl (C=O) groups is 1. The van der Waals surface area contributed by atoms with Gasteiger partial charge in [0.05, 0.1) is 19.3 Å². The Morgan fingerprint density at radius 3 is 2.58 bits per heavy atom. The number of fused-ring (bicyclic) bond motifs is 1. The lowest BCUT2D eigenvalue weighted by atomic mass is 9.94. The largest absolute Gasteiger partial charge is 0.493 e. The van der Waals surface area contributed by atoms with E-state index in [4.69, 9.17) is 19.6 Å². The van der Waals surface area contributed by atoms with E-state index in [2.05, 4.69) is 24.5 Å². The molecule has 1 aliphatic heterocycles. The van der Waals surface area contributed by atoms with E-state index in [-0.39, 0.29) is 5.91 Å². The molecule has 4 rings (SSSR count). The Kier molecular flexibility index (Phi) is 9.33. The molecule has 202 valence electrons. The predicted octanol–water partition coefficient (Wildman–Crippen LogP) is 6.59. The third kappa shape index (κ3) is 6.32. The third-order valence-electron chi connectivity index (χ3n) is 6.33. The van der Waals surface area contributed by atoms with E-state index in [1.807, 2.05) is 56.3 Å². The smallest absolute Gasteiger partial charge is 0.255 e. The zero-order valence-electron chi connectivity index (χ0n) is 22.8. The Morgan fingerprint density at radius 1 is 1.08 bits per heavy atom. The van der Waals surface area contributed by atoms with Crippen molar-refractivity contribution in [2.24, 2.45) is 0 Å². The van der Waals surface area contributed by atoms with Crippen LogP contribution in [0, 0.1) is 6.92 Å². The molecule has 0 bridgehead atoms. The summed E-state index contributed by atoms with van der Waals surface area (Å²) < 4.78 is 13.5. The number of nitrogens with zero attached hydrogens (tertiary/aromatic N) is 3. The van der Waals surface area contributed by atoms with Crippen LogP contribution in [-0.4, -0.2) is 40.1 Å². The van der Waals surface area contributed by atoms with Crippen LogP contribution in [0.25, 0.3) is 0 Å². The molecular formula is C29H37N5O3S. The SMILES string of the molecule is CCCCCOc1ccc(C2C(C(=O)Nc3ccc(C)cc3)=C(C)Nc3nc(SCCC)nn32)cc1OC. The van der Waals surface area contributed by atoms with Gasteiger partial charge in [0.2, 0.25) is 11.1 Å². The zero-order chi connectivity index (χ0) is 27.1. The monoisotopic (exact) mass is 535 g/mol. The Bertz CT molecular complexity index is 1290. The Labute approximate surface area is 229 Å². The number of unbranched alkanes of at least 4 members (excludes halogenated alkanes) is 2. The van der Waals surface area contributed by atoms with E-state index in [0.29, 0.717) is 34.8 Å². The maximum atomic E-state index is 13.7. The molecule has 0 radical (unpaired) electrons. The molecule has 1 amide bonds. The number of hydrogen-bond acceptors (Lipinski definition) is 7. The first kappa shape index (κ1) is 27.6. The van der Waals surface area contributed by atoms with Crippen LogP contribution in [0.1, 0.15) is 63.6 Å². The normalized spacial score (nSPS) is 14.6. The van der Waals surface area contributed by atoms with Crippen LogP contribution in [0.4, 0.5) is 11.6 Å². The van der Waals surface area contributed by atoms with Crippen molar-refractivity contribution >= 4 is 29.3 Å². The average Bonchev–Trinajstić information content (AvgIpc) is 3.32. The Hall–Kier alpha value is -3.46. The first-order chi connectivity index (χ1) is 18.4. The van der Waals surface area contributed by atoms with Gasteiger partial charge in [-0.05, 0) is 56.5 Å². The highest BCUT2D eigenvalue weighted by Crippen LogP contribution is 2.40. The van der Waals surface area contributed by atoms with Crippen LogP contribution >= 0.6 is 11.8 Å². The molecule has 9 heteroatoms. The molecule has 0 fully saturated rings. The molecule has 8 nitrogen and oxygen atoms in total. The molecular weight excluding hydrogens is 498 g/mol. The van der Waals surface area contributed by atoms with Crippen molar-refractivity contribution in [3.05, 3.63) is 64.9 Å². The number of allylic oxidation sites excluding steroid dienone is 1. The molecule has 38 heavy (non-hydrogen) atoms. The van der Waals surface area contributed by atoms with Gasteiger partial charge < -0.3 is 20.1 Å². The molecule has 0 saturated carbocycles. The van der Waals surface area contributed by atoms with Crippen LogP contribution in [0.3, 0.4) is 0 Å². The number of aromatic nitrogens is 3. The van der Waals surface area contributed by atoms with Crippen molar-refractivity contribution in [2.45, 2.75) is 64.6 Å². The van der Waals surface area contributed by atoms with E-state index in [1.165, 1.54) is 0 Å². The maximum absolute atomic E-state index is 13.7. The minimum Gasteiger partial charge on any atom is -0.493 e. The lowest BCUT2D eigenvalue weighted by Crippen LogP contribution is -2.31. The Morgan fingerprint density at radius 2 is 1.87 bits per heavy atom. The number of rotatable bonds is 12. The Balaban J connectivity index is 1.72. The summed E-state index contributed by atoms with van der Waals surface area (Å²) in [6.07, 6.45) is 4.25. The van der Waals surface area contributed by atoms with E-state index >= 15 is 0 Å². The summed E-state index contributed by atoms with van der Waals surface area (Å²) in [6.45, 7) is 8.84. The van der Waals surface area contributed by atoms with Crippen molar-refractivity contribution in [3.63, 3.8) is 0 Å². The van der Waals surface area contributed by atoms with Crippen molar-refractivity contribution in [1.29, 1.82) is 0 Å². The number of amides is 1. The molecule has 0 saturated heterocycles. The quantitative estimate of drug-likeness (QED) is 0.200. The summed E-state index contributed by atoms with van der Waals surface area (Å²) in [5.74, 6) is 2.63. The van der Waals surface area contributed by atoms with Crippen molar-refractivity contribution in [2.75, 3.05) is 30.1 Å². The summed E-state index contributed by atoms with van der Waals surface area (Å²) in [6, 6.07) is 13.1. The number of carbonyl (C=O) groups excluding carboxylic acids is 1. The second-order valence-electron chi connectivity index (χ2n) is 9.36. The number of ether oxygens (including phenoxy) is 2. The first-order valence-electron chi connectivity index (χ1n) is 13.2. The molecule has 3 aromatic rings. The number of aryl methyl sites for hydroxylation is 1. The highest BCUT2D eigenvalue weighted by atomic mass is 32.2. The summed E-state index contributed by atoms with van der Waals surface area (Å²) in [7, 11) is 1.63. The topological polar surface area (TPSA) is 90.3 Å². The van der Waals surface area contributed by atoms with Gasteiger partial charge in [-0.2, -0.15) is 4.98 Å². The number of nitrogens with one attached hydrogen (secondary N) is 2. The van der Waals surface area contributed by atoms with E-state index in [1.54, 1.807) is 23.6 Å². The lowest BCUT2D eigenvalue weighted by Gasteiger charge is -2.29. The van der Waals surface area contributed by atoms with Gasteiger partial charge in [0.1, 0.15) is 6.04 Å². The third-order valence-corrected chi connectivity index (χ3v) is 7.37. The average molecular weight is 536 g/mol. The fourth-order valence-corrected chi connectivity index (χ4v) is 5.01. The van der Waals surface area contributed by atoms with Crippen molar-refractivity contribution in [3.8, 4) is 11.5 Å². The van der Waals surface area contributed by atoms with Gasteiger partial charge in [-0.25, -0.2) is 4.68 Å². The van der Waals surface area contributed by atoms with Crippen LogP contribution in [0.15, 0.2) is 58.9 Å². The van der Waals surface area contributed by atoms with Crippen LogP contribution < -0.4 is 20.1 Å². The van der Waals surface area contributed by atoms with Gasteiger partial charge in [-0.15, -0.1) is 5.10 Å². The summed E-state index contributed by atoms with van der Waals surface area (Å²) in [4.78, 5) is 18.4. The molecule has 2 aromatic carbocycles. The first-order valence-corrected chi connectivity index (χ1v) is 14.2.